The van der Waals surface area contributed by atoms with Gasteiger partial charge in [0.2, 0.25) is 0 Å². The van der Waals surface area contributed by atoms with Gasteiger partial charge in [-0.05, 0) is 44.9 Å². The zero-order valence-corrected chi connectivity index (χ0v) is 11.9. The fraction of sp³-hybridized carbons (Fsp3) is 0.857. The zero-order valence-electron chi connectivity index (χ0n) is 11.9. The fourth-order valence-corrected chi connectivity index (χ4v) is 3.22. The highest BCUT2D eigenvalue weighted by Crippen LogP contribution is 2.57. The van der Waals surface area contributed by atoms with Crippen molar-refractivity contribution in [3.63, 3.8) is 0 Å². The predicted molar refractivity (Wildman–Crippen MR) is 69.6 cm³/mol. The van der Waals surface area contributed by atoms with E-state index in [2.05, 4.69) is 12.2 Å². The van der Waals surface area contributed by atoms with Gasteiger partial charge in [0.25, 0.3) is 0 Å². The molecule has 0 aromatic heterocycles. The SMILES string of the molecule is CCOC(=O)N[C@@H](C)C(=O)O[C@H]1CC[C@]2(C)CC[C@H]12. The Bertz CT molecular complexity index is 370. The van der Waals surface area contributed by atoms with E-state index in [0.29, 0.717) is 11.3 Å². The molecule has 2 aliphatic carbocycles. The van der Waals surface area contributed by atoms with E-state index >= 15 is 0 Å². The minimum absolute atomic E-state index is 0.0256. The molecular weight excluding hydrogens is 246 g/mol. The molecule has 5 heteroatoms. The van der Waals surface area contributed by atoms with Gasteiger partial charge in [-0.3, -0.25) is 0 Å². The number of amides is 1. The summed E-state index contributed by atoms with van der Waals surface area (Å²) in [5, 5.41) is 2.47. The van der Waals surface area contributed by atoms with Crippen molar-refractivity contribution in [2.24, 2.45) is 11.3 Å². The van der Waals surface area contributed by atoms with Gasteiger partial charge < -0.3 is 14.8 Å². The molecule has 2 aliphatic rings. The summed E-state index contributed by atoms with van der Waals surface area (Å²) in [4.78, 5) is 23.2. The maximum absolute atomic E-state index is 11.9. The standard InChI is InChI=1S/C14H23NO4/c1-4-18-13(17)15-9(2)12(16)19-11-6-8-14(3)7-5-10(11)14/h9-11H,4-8H2,1-3H3,(H,15,17)/t9-,10+,11-,14-/m0/s1. The van der Waals surface area contributed by atoms with Crippen LogP contribution in [0.4, 0.5) is 4.79 Å². The molecule has 0 bridgehead atoms. The fourth-order valence-electron chi connectivity index (χ4n) is 3.22. The molecule has 0 aromatic rings. The summed E-state index contributed by atoms with van der Waals surface area (Å²) in [6, 6.07) is -0.661. The van der Waals surface area contributed by atoms with Gasteiger partial charge in [-0.15, -0.1) is 0 Å². The average Bonchev–Trinajstić information content (AvgIpc) is 2.53. The first-order valence-electron chi connectivity index (χ1n) is 7.10. The van der Waals surface area contributed by atoms with Crippen LogP contribution >= 0.6 is 0 Å². The van der Waals surface area contributed by atoms with Gasteiger partial charge in [0.1, 0.15) is 12.1 Å². The molecule has 1 amide bonds. The van der Waals surface area contributed by atoms with E-state index in [0.717, 1.165) is 19.3 Å². The maximum Gasteiger partial charge on any atom is 0.407 e. The van der Waals surface area contributed by atoms with Gasteiger partial charge >= 0.3 is 12.1 Å². The van der Waals surface area contributed by atoms with Gasteiger partial charge in [0.05, 0.1) is 6.61 Å². The second kappa shape index (κ2) is 5.39. The first-order chi connectivity index (χ1) is 8.96. The van der Waals surface area contributed by atoms with Crippen LogP contribution < -0.4 is 5.32 Å². The molecule has 2 fully saturated rings. The molecule has 19 heavy (non-hydrogen) atoms. The monoisotopic (exact) mass is 269 g/mol. The van der Waals surface area contributed by atoms with Crippen LogP contribution in [0.5, 0.6) is 0 Å². The van der Waals surface area contributed by atoms with E-state index < -0.39 is 12.1 Å². The summed E-state index contributed by atoms with van der Waals surface area (Å²) in [6.07, 6.45) is 3.91. The molecule has 5 nitrogen and oxygen atoms in total. The molecule has 0 radical (unpaired) electrons. The van der Waals surface area contributed by atoms with Gasteiger partial charge in [0.15, 0.2) is 0 Å². The van der Waals surface area contributed by atoms with Crippen molar-refractivity contribution in [3.8, 4) is 0 Å². The molecule has 0 heterocycles. The molecule has 0 unspecified atom stereocenters. The minimum Gasteiger partial charge on any atom is -0.461 e. The van der Waals surface area contributed by atoms with Crippen LogP contribution in [0.2, 0.25) is 0 Å². The Morgan fingerprint density at radius 3 is 2.58 bits per heavy atom. The molecule has 108 valence electrons. The molecule has 2 saturated carbocycles. The highest BCUT2D eigenvalue weighted by Gasteiger charge is 2.53. The third-order valence-electron chi connectivity index (χ3n) is 4.60. The Morgan fingerprint density at radius 1 is 1.37 bits per heavy atom. The number of fused-ring (bicyclic) bond motifs is 1. The first-order valence-corrected chi connectivity index (χ1v) is 7.10. The number of nitrogens with one attached hydrogen (secondary N) is 1. The number of esters is 1. The van der Waals surface area contributed by atoms with E-state index in [-0.39, 0.29) is 18.7 Å². The van der Waals surface area contributed by atoms with Crippen molar-refractivity contribution in [1.29, 1.82) is 0 Å². The lowest BCUT2D eigenvalue weighted by atomic mass is 9.63. The number of hydrogen-bond acceptors (Lipinski definition) is 4. The summed E-state index contributed by atoms with van der Waals surface area (Å²) < 4.78 is 10.3. The van der Waals surface area contributed by atoms with E-state index in [4.69, 9.17) is 9.47 Å². The van der Waals surface area contributed by atoms with Crippen molar-refractivity contribution >= 4 is 12.1 Å². The van der Waals surface area contributed by atoms with E-state index in [1.54, 1.807) is 13.8 Å². The van der Waals surface area contributed by atoms with Crippen molar-refractivity contribution in [2.75, 3.05) is 6.61 Å². The van der Waals surface area contributed by atoms with Crippen LogP contribution in [-0.4, -0.2) is 30.8 Å². The normalized spacial score (nSPS) is 33.8. The van der Waals surface area contributed by atoms with E-state index in [9.17, 15) is 9.59 Å². The predicted octanol–water partition coefficient (Wildman–Crippen LogP) is 2.24. The summed E-state index contributed by atoms with van der Waals surface area (Å²) in [7, 11) is 0. The lowest BCUT2D eigenvalue weighted by Gasteiger charge is -2.43. The Labute approximate surface area is 114 Å². The molecule has 0 saturated heterocycles. The number of rotatable bonds is 4. The molecule has 4 atom stereocenters. The van der Waals surface area contributed by atoms with Crippen molar-refractivity contribution < 1.29 is 19.1 Å². The average molecular weight is 269 g/mol. The largest absolute Gasteiger partial charge is 0.461 e. The highest BCUT2D eigenvalue weighted by molar-refractivity contribution is 5.81. The lowest BCUT2D eigenvalue weighted by molar-refractivity contribution is -0.156. The summed E-state index contributed by atoms with van der Waals surface area (Å²) in [5.41, 5.74) is 0.378. The van der Waals surface area contributed by atoms with Gasteiger partial charge in [-0.25, -0.2) is 9.59 Å². The number of hydrogen-bond donors (Lipinski definition) is 1. The number of carbonyl (C=O) groups is 2. The smallest absolute Gasteiger partial charge is 0.407 e. The Balaban J connectivity index is 1.79. The zero-order chi connectivity index (χ0) is 14.0. The highest BCUT2D eigenvalue weighted by atomic mass is 16.6. The van der Waals surface area contributed by atoms with Crippen molar-refractivity contribution in [3.05, 3.63) is 0 Å². The first kappa shape index (κ1) is 14.2. The minimum atomic E-state index is -0.661. The summed E-state index contributed by atoms with van der Waals surface area (Å²) in [5.74, 6) is 0.139. The van der Waals surface area contributed by atoms with Crippen molar-refractivity contribution in [1.82, 2.24) is 5.32 Å². The van der Waals surface area contributed by atoms with Crippen LogP contribution in [0.3, 0.4) is 0 Å². The van der Waals surface area contributed by atoms with Crippen LogP contribution in [0, 0.1) is 11.3 Å². The second-order valence-corrected chi connectivity index (χ2v) is 5.90. The maximum atomic E-state index is 11.9. The molecule has 0 aliphatic heterocycles. The number of alkyl carbamates (subject to hydrolysis) is 1. The molecule has 0 aromatic carbocycles. The third-order valence-corrected chi connectivity index (χ3v) is 4.60. The second-order valence-electron chi connectivity index (χ2n) is 5.90. The molecule has 2 rings (SSSR count). The number of ether oxygens (including phenoxy) is 2. The number of carbonyl (C=O) groups excluding carboxylic acids is 2. The van der Waals surface area contributed by atoms with E-state index in [1.807, 2.05) is 0 Å². The third kappa shape index (κ3) is 2.85. The molecule has 1 N–H and O–H groups in total. The van der Waals surface area contributed by atoms with Crippen molar-refractivity contribution in [2.45, 2.75) is 58.6 Å². The van der Waals surface area contributed by atoms with Crippen LogP contribution in [0.15, 0.2) is 0 Å². The van der Waals surface area contributed by atoms with Gasteiger partial charge in [-0.2, -0.15) is 0 Å². The lowest BCUT2D eigenvalue weighted by Crippen LogP contribution is -2.44. The topological polar surface area (TPSA) is 64.6 Å². The van der Waals surface area contributed by atoms with Crippen LogP contribution in [0.1, 0.15) is 46.5 Å². The molecule has 0 spiro atoms. The summed E-state index contributed by atoms with van der Waals surface area (Å²) in [6.45, 7) is 5.90. The Hall–Kier alpha value is -1.26. The quantitative estimate of drug-likeness (QED) is 0.795. The molecular formula is C14H23NO4. The Morgan fingerprint density at radius 2 is 2.05 bits per heavy atom. The summed E-state index contributed by atoms with van der Waals surface area (Å²) >= 11 is 0. The van der Waals surface area contributed by atoms with Gasteiger partial charge in [-0.1, -0.05) is 6.92 Å². The Kier molecular flexibility index (Phi) is 4.02. The van der Waals surface area contributed by atoms with Crippen LogP contribution in [-0.2, 0) is 14.3 Å². The van der Waals surface area contributed by atoms with E-state index in [1.165, 1.54) is 6.42 Å². The van der Waals surface area contributed by atoms with Crippen LogP contribution in [0.25, 0.3) is 0 Å². The van der Waals surface area contributed by atoms with Gasteiger partial charge in [0, 0.05) is 5.92 Å².